The number of nitrogen functional groups attached to an aromatic ring is 1. The third kappa shape index (κ3) is 5.04. The Bertz CT molecular complexity index is 1680. The molecule has 0 radical (unpaired) electrons. The number of hydrogen-bond acceptors (Lipinski definition) is 9. The number of nitrogens with zero attached hydrogens (tertiary/aromatic N) is 6. The standard InChI is InChI=1S/C28H28ClF2N7O2S/c1-3-20(39)37-9-11-38(12-10-37)26-17-13-18(29)21(16-6-7-19(30)25-24(16)33-27(32)41-25)22(31)23(17)34-28(35-26)40-14-15-5-4-8-36(15)2/h3,6-7,13,15H,1,4-5,8-12,14H2,2H3,(H2,32,33). The second kappa shape index (κ2) is 11.0. The maximum absolute atomic E-state index is 16.5. The minimum Gasteiger partial charge on any atom is -0.462 e. The fourth-order valence-electron chi connectivity index (χ4n) is 5.53. The van der Waals surface area contributed by atoms with Crippen LogP contribution in [-0.2, 0) is 4.79 Å². The second-order valence-corrected chi connectivity index (χ2v) is 11.6. The van der Waals surface area contributed by atoms with Crippen LogP contribution in [0, 0.1) is 11.6 Å². The zero-order valence-electron chi connectivity index (χ0n) is 22.4. The highest BCUT2D eigenvalue weighted by molar-refractivity contribution is 7.22. The van der Waals surface area contributed by atoms with E-state index in [2.05, 4.69) is 21.4 Å². The first-order valence-electron chi connectivity index (χ1n) is 13.3. The third-order valence-corrected chi connectivity index (χ3v) is 8.96. The Hall–Kier alpha value is -3.61. The van der Waals surface area contributed by atoms with Gasteiger partial charge in [-0.15, -0.1) is 0 Å². The maximum atomic E-state index is 16.5. The van der Waals surface area contributed by atoms with Crippen molar-refractivity contribution in [2.45, 2.75) is 18.9 Å². The number of fused-ring (bicyclic) bond motifs is 2. The quantitative estimate of drug-likeness (QED) is 0.318. The van der Waals surface area contributed by atoms with Gasteiger partial charge in [-0.1, -0.05) is 29.5 Å². The summed E-state index contributed by atoms with van der Waals surface area (Å²) in [5, 5.41) is 0.664. The number of thiazole rings is 1. The fourth-order valence-corrected chi connectivity index (χ4v) is 6.59. The SMILES string of the molecule is C=CC(=O)N1CCN(c2nc(OCC3CCCN3C)nc3c(F)c(-c4ccc(F)c5sc(N)nc45)c(Cl)cc23)CC1. The predicted octanol–water partition coefficient (Wildman–Crippen LogP) is 4.73. The lowest BCUT2D eigenvalue weighted by molar-refractivity contribution is -0.126. The summed E-state index contributed by atoms with van der Waals surface area (Å²) in [6.45, 7) is 6.75. The molecule has 2 aromatic carbocycles. The number of likely N-dealkylation sites (N-methyl/N-ethyl adjacent to an activating group) is 1. The Morgan fingerprint density at radius 1 is 1.20 bits per heavy atom. The largest absolute Gasteiger partial charge is 0.462 e. The van der Waals surface area contributed by atoms with E-state index in [9.17, 15) is 9.18 Å². The van der Waals surface area contributed by atoms with Gasteiger partial charge in [0.15, 0.2) is 10.9 Å². The number of amides is 1. The molecule has 0 aliphatic carbocycles. The van der Waals surface area contributed by atoms with Gasteiger partial charge < -0.3 is 25.2 Å². The molecule has 2 saturated heterocycles. The van der Waals surface area contributed by atoms with Crippen molar-refractivity contribution in [1.29, 1.82) is 0 Å². The van der Waals surface area contributed by atoms with E-state index in [4.69, 9.17) is 27.1 Å². The minimum absolute atomic E-state index is 0.0226. The smallest absolute Gasteiger partial charge is 0.319 e. The molecule has 13 heteroatoms. The summed E-state index contributed by atoms with van der Waals surface area (Å²) >= 11 is 7.71. The van der Waals surface area contributed by atoms with E-state index < -0.39 is 11.6 Å². The van der Waals surface area contributed by atoms with Gasteiger partial charge in [0.1, 0.15) is 23.8 Å². The second-order valence-electron chi connectivity index (χ2n) is 10.2. The predicted molar refractivity (Wildman–Crippen MR) is 158 cm³/mol. The average Bonchev–Trinajstić information content (AvgIpc) is 3.57. The van der Waals surface area contributed by atoms with E-state index >= 15 is 4.39 Å². The first-order valence-corrected chi connectivity index (χ1v) is 14.5. The molecule has 2 aromatic heterocycles. The first kappa shape index (κ1) is 27.6. The summed E-state index contributed by atoms with van der Waals surface area (Å²) in [4.78, 5) is 31.5. The molecule has 214 valence electrons. The Kier molecular flexibility index (Phi) is 7.39. The molecule has 0 bridgehead atoms. The number of aromatic nitrogens is 3. The number of rotatable bonds is 6. The molecule has 0 spiro atoms. The fraction of sp³-hybridized carbons (Fsp3) is 0.357. The van der Waals surface area contributed by atoms with Crippen molar-refractivity contribution in [1.82, 2.24) is 24.8 Å². The summed E-state index contributed by atoms with van der Waals surface area (Å²) in [7, 11) is 2.04. The number of carbonyl (C=O) groups is 1. The number of likely N-dealkylation sites (tertiary alicyclic amines) is 1. The van der Waals surface area contributed by atoms with Crippen molar-refractivity contribution in [2.75, 3.05) is 57.0 Å². The summed E-state index contributed by atoms with van der Waals surface area (Å²) in [6, 6.07) is 4.56. The number of halogens is 3. The number of nitrogens with two attached hydrogens (primary N) is 1. The van der Waals surface area contributed by atoms with Gasteiger partial charge in [-0.05, 0) is 50.7 Å². The van der Waals surface area contributed by atoms with Gasteiger partial charge in [-0.3, -0.25) is 4.79 Å². The molecular weight excluding hydrogens is 572 g/mol. The molecule has 41 heavy (non-hydrogen) atoms. The highest BCUT2D eigenvalue weighted by atomic mass is 35.5. The number of anilines is 2. The topological polar surface area (TPSA) is 101 Å². The van der Waals surface area contributed by atoms with Gasteiger partial charge in [-0.25, -0.2) is 13.8 Å². The summed E-state index contributed by atoms with van der Waals surface area (Å²) in [5.74, 6) is -0.876. The molecule has 2 N–H and O–H groups in total. The first-order chi connectivity index (χ1) is 19.7. The summed E-state index contributed by atoms with van der Waals surface area (Å²) in [6.07, 6.45) is 3.36. The lowest BCUT2D eigenvalue weighted by atomic mass is 10.0. The van der Waals surface area contributed by atoms with Gasteiger partial charge in [-0.2, -0.15) is 9.97 Å². The summed E-state index contributed by atoms with van der Waals surface area (Å²) < 4.78 is 37.3. The van der Waals surface area contributed by atoms with E-state index in [1.54, 1.807) is 11.0 Å². The Morgan fingerprint density at radius 2 is 1.98 bits per heavy atom. The normalized spacial score (nSPS) is 18.0. The van der Waals surface area contributed by atoms with Gasteiger partial charge in [0.2, 0.25) is 5.91 Å². The van der Waals surface area contributed by atoms with Crippen molar-refractivity contribution < 1.29 is 18.3 Å². The number of carbonyl (C=O) groups excluding carboxylic acids is 1. The van der Waals surface area contributed by atoms with Gasteiger partial charge >= 0.3 is 6.01 Å². The van der Waals surface area contributed by atoms with Gasteiger partial charge in [0, 0.05) is 48.7 Å². The molecule has 4 heterocycles. The lowest BCUT2D eigenvalue weighted by Gasteiger charge is -2.35. The Labute approximate surface area is 244 Å². The number of piperazine rings is 1. The molecule has 2 aliphatic rings. The van der Waals surface area contributed by atoms with E-state index in [0.717, 1.165) is 30.7 Å². The van der Waals surface area contributed by atoms with E-state index in [-0.39, 0.29) is 49.4 Å². The van der Waals surface area contributed by atoms with E-state index in [1.807, 2.05) is 11.9 Å². The Morgan fingerprint density at radius 3 is 2.68 bits per heavy atom. The number of benzene rings is 2. The van der Waals surface area contributed by atoms with Crippen molar-refractivity contribution >= 4 is 60.9 Å². The molecule has 2 aliphatic heterocycles. The molecule has 1 unspecified atom stereocenters. The van der Waals surface area contributed by atoms with Crippen LogP contribution in [0.4, 0.5) is 19.7 Å². The molecule has 1 atom stereocenters. The van der Waals surface area contributed by atoms with Crippen molar-refractivity contribution in [3.05, 3.63) is 47.5 Å². The van der Waals surface area contributed by atoms with Crippen LogP contribution in [0.25, 0.3) is 32.2 Å². The lowest BCUT2D eigenvalue weighted by Crippen LogP contribution is -2.48. The summed E-state index contributed by atoms with van der Waals surface area (Å²) in [5.41, 5.74) is 6.47. The molecule has 1 amide bonds. The van der Waals surface area contributed by atoms with Crippen LogP contribution in [0.1, 0.15) is 12.8 Å². The van der Waals surface area contributed by atoms with Crippen molar-refractivity contribution in [2.24, 2.45) is 0 Å². The molecule has 4 aromatic rings. The molecule has 6 rings (SSSR count). The minimum atomic E-state index is -0.695. The van der Waals surface area contributed by atoms with Crippen molar-refractivity contribution in [3.63, 3.8) is 0 Å². The zero-order chi connectivity index (χ0) is 28.8. The van der Waals surface area contributed by atoms with Crippen LogP contribution >= 0.6 is 22.9 Å². The van der Waals surface area contributed by atoms with Gasteiger partial charge in [0.25, 0.3) is 0 Å². The Balaban J connectivity index is 1.47. The highest BCUT2D eigenvalue weighted by Gasteiger charge is 2.28. The molecule has 9 nitrogen and oxygen atoms in total. The van der Waals surface area contributed by atoms with E-state index in [0.29, 0.717) is 49.6 Å². The number of ether oxygens (including phenoxy) is 1. The van der Waals surface area contributed by atoms with Crippen molar-refractivity contribution in [3.8, 4) is 17.1 Å². The molecule has 2 fully saturated rings. The average molecular weight is 600 g/mol. The molecular formula is C28H28ClF2N7O2S. The van der Waals surface area contributed by atoms with Crippen LogP contribution in [0.3, 0.4) is 0 Å². The third-order valence-electron chi connectivity index (χ3n) is 7.77. The van der Waals surface area contributed by atoms with Crippen LogP contribution in [0.5, 0.6) is 6.01 Å². The zero-order valence-corrected chi connectivity index (χ0v) is 23.9. The van der Waals surface area contributed by atoms with Crippen LogP contribution < -0.4 is 15.4 Å². The van der Waals surface area contributed by atoms with Crippen LogP contribution in [-0.4, -0.2) is 83.1 Å². The number of hydrogen-bond donors (Lipinski definition) is 1. The maximum Gasteiger partial charge on any atom is 0.319 e. The highest BCUT2D eigenvalue weighted by Crippen LogP contribution is 2.42. The van der Waals surface area contributed by atoms with Gasteiger partial charge in [0.05, 0.1) is 15.2 Å². The monoisotopic (exact) mass is 599 g/mol. The van der Waals surface area contributed by atoms with Crippen LogP contribution in [0.15, 0.2) is 30.9 Å². The van der Waals surface area contributed by atoms with Crippen LogP contribution in [0.2, 0.25) is 5.02 Å². The van der Waals surface area contributed by atoms with E-state index in [1.165, 1.54) is 18.2 Å². The molecule has 0 saturated carbocycles.